The number of rotatable bonds is 4. The van der Waals surface area contributed by atoms with Crippen LogP contribution in [0.15, 0.2) is 5.38 Å². The minimum absolute atomic E-state index is 0.119. The Kier molecular flexibility index (Phi) is 4.99. The summed E-state index contributed by atoms with van der Waals surface area (Å²) in [5.41, 5.74) is 2.38. The summed E-state index contributed by atoms with van der Waals surface area (Å²) in [4.78, 5) is 25.6. The normalized spacial score (nSPS) is 18.8. The van der Waals surface area contributed by atoms with Crippen molar-refractivity contribution in [1.29, 1.82) is 0 Å². The molecule has 2 atom stereocenters. The zero-order valence-electron chi connectivity index (χ0n) is 17.3. The molecule has 0 N–H and O–H groups in total. The maximum atomic E-state index is 13.1. The fraction of sp³-hybridized carbons (Fsp3) is 0.600. The number of piperidine rings is 1. The van der Waals surface area contributed by atoms with Gasteiger partial charge in [0.25, 0.3) is 0 Å². The summed E-state index contributed by atoms with van der Waals surface area (Å²) >= 11 is 1.76. The van der Waals surface area contributed by atoms with Gasteiger partial charge in [0.15, 0.2) is 0 Å². The standard InChI is InChI=1S/C20H28N6OS/c1-12(9-25-15(4)21-14(3)23-25)19(27)24-8-6-7-17(10-24)18-20-26(16(5)22-18)13(2)11-28-20/h11-12,17H,6-10H2,1-5H3/t12-,17-/m1/s1. The summed E-state index contributed by atoms with van der Waals surface area (Å²) in [5.74, 6) is 3.04. The van der Waals surface area contributed by atoms with Gasteiger partial charge in [-0.2, -0.15) is 5.10 Å². The number of thiazole rings is 1. The number of imidazole rings is 1. The molecule has 4 heterocycles. The molecule has 8 heteroatoms. The molecule has 0 radical (unpaired) electrons. The summed E-state index contributed by atoms with van der Waals surface area (Å²) in [6, 6.07) is 0. The Bertz CT molecular complexity index is 1020. The molecule has 1 aliphatic rings. The van der Waals surface area contributed by atoms with E-state index >= 15 is 0 Å². The topological polar surface area (TPSA) is 68.3 Å². The van der Waals surface area contributed by atoms with E-state index in [0.717, 1.165) is 49.1 Å². The van der Waals surface area contributed by atoms with Gasteiger partial charge in [0, 0.05) is 30.1 Å². The van der Waals surface area contributed by atoms with E-state index in [2.05, 4.69) is 33.7 Å². The Labute approximate surface area is 169 Å². The van der Waals surface area contributed by atoms with Gasteiger partial charge in [-0.25, -0.2) is 14.6 Å². The van der Waals surface area contributed by atoms with Crippen LogP contribution in [0.1, 0.15) is 54.5 Å². The maximum Gasteiger partial charge on any atom is 0.227 e. The molecule has 0 aliphatic carbocycles. The third kappa shape index (κ3) is 3.34. The van der Waals surface area contributed by atoms with Gasteiger partial charge in [0.1, 0.15) is 22.3 Å². The molecular formula is C20H28N6OS. The molecule has 0 spiro atoms. The fourth-order valence-corrected chi connectivity index (χ4v) is 5.41. The Hall–Kier alpha value is -2.22. The molecule has 150 valence electrons. The van der Waals surface area contributed by atoms with Crippen LogP contribution in [0.2, 0.25) is 0 Å². The Morgan fingerprint density at radius 2 is 2.04 bits per heavy atom. The number of fused-ring (bicyclic) bond motifs is 1. The lowest BCUT2D eigenvalue weighted by atomic mass is 9.94. The molecular weight excluding hydrogens is 372 g/mol. The van der Waals surface area contributed by atoms with Gasteiger partial charge >= 0.3 is 0 Å². The predicted octanol–water partition coefficient (Wildman–Crippen LogP) is 3.26. The highest BCUT2D eigenvalue weighted by molar-refractivity contribution is 7.15. The number of hydrogen-bond donors (Lipinski definition) is 0. The van der Waals surface area contributed by atoms with E-state index < -0.39 is 0 Å². The number of likely N-dealkylation sites (tertiary alicyclic amines) is 1. The van der Waals surface area contributed by atoms with Crippen LogP contribution in [0.25, 0.3) is 4.83 Å². The first-order chi connectivity index (χ1) is 13.3. The second-order valence-corrected chi connectivity index (χ2v) is 8.83. The Morgan fingerprint density at radius 1 is 1.25 bits per heavy atom. The van der Waals surface area contributed by atoms with Crippen LogP contribution in [0.3, 0.4) is 0 Å². The monoisotopic (exact) mass is 400 g/mol. The first-order valence-corrected chi connectivity index (χ1v) is 10.8. The lowest BCUT2D eigenvalue weighted by Crippen LogP contribution is -2.42. The molecule has 3 aromatic rings. The molecule has 1 amide bonds. The summed E-state index contributed by atoms with van der Waals surface area (Å²) < 4.78 is 4.08. The van der Waals surface area contributed by atoms with E-state index in [4.69, 9.17) is 4.98 Å². The van der Waals surface area contributed by atoms with Gasteiger partial charge in [-0.15, -0.1) is 11.3 Å². The average molecular weight is 401 g/mol. The van der Waals surface area contributed by atoms with Crippen LogP contribution in [0.4, 0.5) is 0 Å². The third-order valence-electron chi connectivity index (χ3n) is 5.67. The van der Waals surface area contributed by atoms with Crippen LogP contribution >= 0.6 is 11.3 Å². The van der Waals surface area contributed by atoms with Crippen molar-refractivity contribution < 1.29 is 4.79 Å². The van der Waals surface area contributed by atoms with Gasteiger partial charge in [0.05, 0.1) is 18.2 Å². The fourth-order valence-electron chi connectivity index (χ4n) is 4.31. The number of nitrogens with zero attached hydrogens (tertiary/aromatic N) is 6. The minimum Gasteiger partial charge on any atom is -0.342 e. The van der Waals surface area contributed by atoms with Crippen molar-refractivity contribution in [2.75, 3.05) is 13.1 Å². The highest BCUT2D eigenvalue weighted by atomic mass is 32.1. The van der Waals surface area contributed by atoms with Crippen molar-refractivity contribution in [1.82, 2.24) is 29.0 Å². The van der Waals surface area contributed by atoms with Gasteiger partial charge in [-0.3, -0.25) is 9.20 Å². The van der Waals surface area contributed by atoms with Crippen molar-refractivity contribution in [3.05, 3.63) is 34.2 Å². The highest BCUT2D eigenvalue weighted by Gasteiger charge is 2.31. The SMILES string of the molecule is Cc1nc(C)n(C[C@@H](C)C(=O)N2CCC[C@@H](c3nc(C)n4c(C)csc34)C2)n1. The van der Waals surface area contributed by atoms with Crippen LogP contribution in [-0.4, -0.2) is 48.0 Å². The van der Waals surface area contributed by atoms with Gasteiger partial charge in [-0.05, 0) is 40.5 Å². The van der Waals surface area contributed by atoms with E-state index in [1.165, 1.54) is 10.5 Å². The summed E-state index contributed by atoms with van der Waals surface area (Å²) in [5, 5.41) is 6.59. The largest absolute Gasteiger partial charge is 0.342 e. The van der Waals surface area contributed by atoms with Crippen molar-refractivity contribution in [2.45, 2.75) is 59.9 Å². The quantitative estimate of drug-likeness (QED) is 0.674. The molecule has 28 heavy (non-hydrogen) atoms. The summed E-state index contributed by atoms with van der Waals surface area (Å²) in [7, 11) is 0. The van der Waals surface area contributed by atoms with E-state index in [-0.39, 0.29) is 11.8 Å². The van der Waals surface area contributed by atoms with Crippen molar-refractivity contribution in [2.24, 2.45) is 5.92 Å². The molecule has 4 rings (SSSR count). The molecule has 0 aromatic carbocycles. The van der Waals surface area contributed by atoms with Crippen LogP contribution in [0.5, 0.6) is 0 Å². The second-order valence-electron chi connectivity index (χ2n) is 7.97. The molecule has 0 saturated carbocycles. The van der Waals surface area contributed by atoms with E-state index in [1.54, 1.807) is 11.3 Å². The molecule has 1 aliphatic heterocycles. The van der Waals surface area contributed by atoms with Gasteiger partial charge in [-0.1, -0.05) is 6.92 Å². The van der Waals surface area contributed by atoms with E-state index in [1.807, 2.05) is 30.4 Å². The average Bonchev–Trinajstić information content (AvgIpc) is 3.31. The molecule has 0 bridgehead atoms. The van der Waals surface area contributed by atoms with Crippen LogP contribution < -0.4 is 0 Å². The first kappa shape index (κ1) is 19.1. The zero-order chi connectivity index (χ0) is 20.0. The number of hydrogen-bond acceptors (Lipinski definition) is 5. The first-order valence-electron chi connectivity index (χ1n) is 9.95. The minimum atomic E-state index is -0.119. The number of carbonyl (C=O) groups is 1. The number of amides is 1. The predicted molar refractivity (Wildman–Crippen MR) is 110 cm³/mol. The Morgan fingerprint density at radius 3 is 2.75 bits per heavy atom. The number of aromatic nitrogens is 5. The lowest BCUT2D eigenvalue weighted by Gasteiger charge is -2.33. The number of carbonyl (C=O) groups excluding carboxylic acids is 1. The summed E-state index contributed by atoms with van der Waals surface area (Å²) in [6.07, 6.45) is 2.11. The second kappa shape index (κ2) is 7.31. The Balaban J connectivity index is 1.50. The van der Waals surface area contributed by atoms with Crippen molar-refractivity contribution in [3.63, 3.8) is 0 Å². The van der Waals surface area contributed by atoms with Gasteiger partial charge in [0.2, 0.25) is 5.91 Å². The lowest BCUT2D eigenvalue weighted by molar-refractivity contribution is -0.136. The maximum absolute atomic E-state index is 13.1. The number of aryl methyl sites for hydroxylation is 4. The highest BCUT2D eigenvalue weighted by Crippen LogP contribution is 2.33. The summed E-state index contributed by atoms with van der Waals surface area (Å²) in [6.45, 7) is 12.1. The molecule has 3 aromatic heterocycles. The van der Waals surface area contributed by atoms with E-state index in [9.17, 15) is 4.79 Å². The van der Waals surface area contributed by atoms with E-state index in [0.29, 0.717) is 12.5 Å². The van der Waals surface area contributed by atoms with Crippen LogP contribution in [-0.2, 0) is 11.3 Å². The molecule has 1 fully saturated rings. The van der Waals surface area contributed by atoms with Crippen molar-refractivity contribution >= 4 is 22.1 Å². The van der Waals surface area contributed by atoms with Crippen LogP contribution in [0, 0.1) is 33.6 Å². The molecule has 7 nitrogen and oxygen atoms in total. The zero-order valence-corrected chi connectivity index (χ0v) is 18.1. The molecule has 0 unspecified atom stereocenters. The van der Waals surface area contributed by atoms with Gasteiger partial charge < -0.3 is 4.90 Å². The third-order valence-corrected chi connectivity index (χ3v) is 6.75. The molecule has 1 saturated heterocycles. The van der Waals surface area contributed by atoms with Crippen molar-refractivity contribution in [3.8, 4) is 0 Å². The smallest absolute Gasteiger partial charge is 0.227 e.